The van der Waals surface area contributed by atoms with E-state index in [-0.39, 0.29) is 18.3 Å². The Morgan fingerprint density at radius 2 is 1.95 bits per heavy atom. The Morgan fingerprint density at radius 3 is 2.50 bits per heavy atom. The number of benzene rings is 1. The second kappa shape index (κ2) is 7.12. The van der Waals surface area contributed by atoms with Crippen LogP contribution < -0.4 is 10.6 Å². The molecule has 3 nitrogen and oxygen atoms in total. The maximum absolute atomic E-state index is 13.1. The second-order valence-electron chi connectivity index (χ2n) is 4.30. The van der Waals surface area contributed by atoms with Gasteiger partial charge >= 0.3 is 6.18 Å². The standard InChI is InChI=1S/C13H17F4N3/c1-9-7-10(3-4-11(9)14)8-20-12(18-2)19-6-5-13(15,16)17/h3-4,7H,5-6,8H2,1-2H3,(H2,18,19,20). The number of aryl methyl sites for hydroxylation is 1. The summed E-state index contributed by atoms with van der Waals surface area (Å²) in [6, 6.07) is 4.63. The minimum atomic E-state index is -4.19. The number of hydrogen-bond acceptors (Lipinski definition) is 1. The van der Waals surface area contributed by atoms with Gasteiger partial charge in [0.15, 0.2) is 5.96 Å². The number of nitrogens with zero attached hydrogens (tertiary/aromatic N) is 1. The maximum atomic E-state index is 13.1. The van der Waals surface area contributed by atoms with Gasteiger partial charge in [0.25, 0.3) is 0 Å². The predicted molar refractivity (Wildman–Crippen MR) is 70.0 cm³/mol. The van der Waals surface area contributed by atoms with Crippen LogP contribution in [0.25, 0.3) is 0 Å². The van der Waals surface area contributed by atoms with Crippen molar-refractivity contribution in [3.8, 4) is 0 Å². The Balaban J connectivity index is 2.43. The predicted octanol–water partition coefficient (Wildman–Crippen LogP) is 2.75. The number of hydrogen-bond donors (Lipinski definition) is 2. The van der Waals surface area contributed by atoms with Crippen molar-refractivity contribution in [1.82, 2.24) is 10.6 Å². The van der Waals surface area contributed by atoms with Crippen LogP contribution in [0.15, 0.2) is 23.2 Å². The summed E-state index contributed by atoms with van der Waals surface area (Å²) in [5, 5.41) is 5.43. The van der Waals surface area contributed by atoms with Gasteiger partial charge in [-0.15, -0.1) is 0 Å². The van der Waals surface area contributed by atoms with Crippen LogP contribution in [0.4, 0.5) is 17.6 Å². The quantitative estimate of drug-likeness (QED) is 0.508. The van der Waals surface area contributed by atoms with E-state index in [1.165, 1.54) is 13.1 Å². The van der Waals surface area contributed by atoms with Gasteiger partial charge in [0.05, 0.1) is 6.42 Å². The Hall–Kier alpha value is -1.79. The molecule has 2 N–H and O–H groups in total. The highest BCUT2D eigenvalue weighted by Crippen LogP contribution is 2.18. The van der Waals surface area contributed by atoms with E-state index in [1.807, 2.05) is 0 Å². The first-order valence-electron chi connectivity index (χ1n) is 6.08. The minimum Gasteiger partial charge on any atom is -0.356 e. The summed E-state index contributed by atoms with van der Waals surface area (Å²) >= 11 is 0. The Bertz CT molecular complexity index is 469. The molecule has 0 atom stereocenters. The van der Waals surface area contributed by atoms with E-state index in [0.717, 1.165) is 5.56 Å². The van der Waals surface area contributed by atoms with Crippen LogP contribution in [-0.4, -0.2) is 25.7 Å². The lowest BCUT2D eigenvalue weighted by Crippen LogP contribution is -2.38. The number of aliphatic imine (C=N–C) groups is 1. The SMILES string of the molecule is CN=C(NCCC(F)(F)F)NCc1ccc(F)c(C)c1. The van der Waals surface area contributed by atoms with E-state index >= 15 is 0 Å². The molecule has 20 heavy (non-hydrogen) atoms. The molecule has 1 aromatic carbocycles. The molecule has 112 valence electrons. The van der Waals surface area contributed by atoms with Crippen molar-refractivity contribution in [3.05, 3.63) is 35.1 Å². The van der Waals surface area contributed by atoms with Gasteiger partial charge in [-0.05, 0) is 24.1 Å². The molecule has 0 aliphatic carbocycles. The van der Waals surface area contributed by atoms with Gasteiger partial charge in [0, 0.05) is 20.1 Å². The van der Waals surface area contributed by atoms with Gasteiger partial charge in [-0.3, -0.25) is 4.99 Å². The van der Waals surface area contributed by atoms with Crippen LogP contribution in [0.5, 0.6) is 0 Å². The first kappa shape index (κ1) is 16.3. The molecule has 1 aromatic rings. The molecular weight excluding hydrogens is 274 g/mol. The van der Waals surface area contributed by atoms with Gasteiger partial charge in [-0.25, -0.2) is 4.39 Å². The molecule has 0 fully saturated rings. The number of alkyl halides is 3. The van der Waals surface area contributed by atoms with E-state index in [0.29, 0.717) is 12.1 Å². The van der Waals surface area contributed by atoms with Crippen molar-refractivity contribution in [2.45, 2.75) is 26.1 Å². The number of guanidine groups is 1. The van der Waals surface area contributed by atoms with Crippen LogP contribution >= 0.6 is 0 Å². The lowest BCUT2D eigenvalue weighted by molar-refractivity contribution is -0.132. The molecule has 0 spiro atoms. The molecule has 0 bridgehead atoms. The highest BCUT2D eigenvalue weighted by atomic mass is 19.4. The molecule has 0 saturated heterocycles. The summed E-state index contributed by atoms with van der Waals surface area (Å²) in [5.74, 6) is -0.0161. The minimum absolute atomic E-state index is 0.244. The zero-order valence-electron chi connectivity index (χ0n) is 11.3. The first-order chi connectivity index (χ1) is 9.31. The van der Waals surface area contributed by atoms with Gasteiger partial charge in [0.2, 0.25) is 0 Å². The molecule has 0 aliphatic rings. The number of halogens is 4. The fourth-order valence-electron chi connectivity index (χ4n) is 1.55. The fourth-order valence-corrected chi connectivity index (χ4v) is 1.55. The van der Waals surface area contributed by atoms with Gasteiger partial charge in [0.1, 0.15) is 5.82 Å². The molecule has 1 rings (SSSR count). The summed E-state index contributed by atoms with van der Waals surface area (Å²) in [7, 11) is 1.47. The van der Waals surface area contributed by atoms with Crippen LogP contribution in [0.1, 0.15) is 17.5 Å². The lowest BCUT2D eigenvalue weighted by atomic mass is 10.1. The van der Waals surface area contributed by atoms with Crippen molar-refractivity contribution in [2.75, 3.05) is 13.6 Å². The van der Waals surface area contributed by atoms with E-state index in [2.05, 4.69) is 15.6 Å². The Kier molecular flexibility index (Phi) is 5.79. The molecule has 0 amide bonds. The Morgan fingerprint density at radius 1 is 1.25 bits per heavy atom. The van der Waals surface area contributed by atoms with Crippen molar-refractivity contribution in [3.63, 3.8) is 0 Å². The topological polar surface area (TPSA) is 36.4 Å². The van der Waals surface area contributed by atoms with Crippen molar-refractivity contribution in [1.29, 1.82) is 0 Å². The molecule has 0 heterocycles. The second-order valence-corrected chi connectivity index (χ2v) is 4.30. The fraction of sp³-hybridized carbons (Fsp3) is 0.462. The Labute approximate surface area is 115 Å². The smallest absolute Gasteiger partial charge is 0.356 e. The number of nitrogens with one attached hydrogen (secondary N) is 2. The van der Waals surface area contributed by atoms with E-state index in [1.54, 1.807) is 19.1 Å². The van der Waals surface area contributed by atoms with Crippen molar-refractivity contribution < 1.29 is 17.6 Å². The summed E-state index contributed by atoms with van der Waals surface area (Å²) < 4.78 is 49.1. The zero-order chi connectivity index (χ0) is 15.2. The van der Waals surface area contributed by atoms with Crippen LogP contribution in [0.2, 0.25) is 0 Å². The molecule has 0 saturated carbocycles. The van der Waals surface area contributed by atoms with Crippen LogP contribution in [-0.2, 0) is 6.54 Å². The molecule has 0 unspecified atom stereocenters. The molecule has 0 aliphatic heterocycles. The molecule has 7 heteroatoms. The average Bonchev–Trinajstić information content (AvgIpc) is 2.36. The zero-order valence-corrected chi connectivity index (χ0v) is 11.3. The average molecular weight is 291 g/mol. The molecule has 0 aromatic heterocycles. The maximum Gasteiger partial charge on any atom is 0.390 e. The highest BCUT2D eigenvalue weighted by molar-refractivity contribution is 5.79. The third-order valence-electron chi connectivity index (χ3n) is 2.61. The molecule has 0 radical (unpaired) electrons. The summed E-state index contributed by atoms with van der Waals surface area (Å²) in [5.41, 5.74) is 1.34. The highest BCUT2D eigenvalue weighted by Gasteiger charge is 2.26. The third kappa shape index (κ3) is 5.90. The summed E-state index contributed by atoms with van der Waals surface area (Å²) in [6.07, 6.45) is -5.12. The van der Waals surface area contributed by atoms with Crippen molar-refractivity contribution >= 4 is 5.96 Å². The lowest BCUT2D eigenvalue weighted by Gasteiger charge is -2.13. The van der Waals surface area contributed by atoms with Crippen molar-refractivity contribution in [2.24, 2.45) is 4.99 Å². The van der Waals surface area contributed by atoms with Gasteiger partial charge in [-0.1, -0.05) is 12.1 Å². The van der Waals surface area contributed by atoms with E-state index in [9.17, 15) is 17.6 Å². The van der Waals surface area contributed by atoms with Crippen LogP contribution in [0, 0.1) is 12.7 Å². The normalized spacial score (nSPS) is 12.4. The van der Waals surface area contributed by atoms with Gasteiger partial charge < -0.3 is 10.6 Å². The van der Waals surface area contributed by atoms with Crippen LogP contribution in [0.3, 0.4) is 0 Å². The summed E-state index contributed by atoms with van der Waals surface area (Å²) in [6.45, 7) is 1.76. The number of rotatable bonds is 4. The monoisotopic (exact) mass is 291 g/mol. The largest absolute Gasteiger partial charge is 0.390 e. The van der Waals surface area contributed by atoms with Gasteiger partial charge in [-0.2, -0.15) is 13.2 Å². The van der Waals surface area contributed by atoms with E-state index < -0.39 is 12.6 Å². The molecular formula is C13H17F4N3. The first-order valence-corrected chi connectivity index (χ1v) is 6.08. The summed E-state index contributed by atoms with van der Waals surface area (Å²) in [4.78, 5) is 3.82. The third-order valence-corrected chi connectivity index (χ3v) is 2.61. The van der Waals surface area contributed by atoms with E-state index in [4.69, 9.17) is 0 Å².